The van der Waals surface area contributed by atoms with Crippen molar-refractivity contribution in [1.29, 1.82) is 0 Å². The quantitative estimate of drug-likeness (QED) is 0.771. The molecule has 1 aromatic heterocycles. The third kappa shape index (κ3) is 1.90. The summed E-state index contributed by atoms with van der Waals surface area (Å²) in [5.41, 5.74) is 2.08. The fourth-order valence-electron chi connectivity index (χ4n) is 2.66. The van der Waals surface area contributed by atoms with Crippen molar-refractivity contribution >= 4 is 16.8 Å². The lowest BCUT2D eigenvalue weighted by molar-refractivity contribution is 0.448. The SMILES string of the molecule is C=CCc1cccc2c(N3CCCCC3)noc12. The highest BCUT2D eigenvalue weighted by atomic mass is 16.5. The second-order valence-electron chi connectivity index (χ2n) is 4.84. The molecule has 94 valence electrons. The molecule has 0 atom stereocenters. The van der Waals surface area contributed by atoms with Crippen LogP contribution in [0.3, 0.4) is 0 Å². The van der Waals surface area contributed by atoms with Crippen LogP contribution >= 0.6 is 0 Å². The molecule has 2 aromatic rings. The van der Waals surface area contributed by atoms with E-state index in [1.165, 1.54) is 24.8 Å². The molecule has 3 nitrogen and oxygen atoms in total. The van der Waals surface area contributed by atoms with Gasteiger partial charge in [0.2, 0.25) is 0 Å². The van der Waals surface area contributed by atoms with Gasteiger partial charge in [0, 0.05) is 18.7 Å². The van der Waals surface area contributed by atoms with Gasteiger partial charge in [-0.25, -0.2) is 0 Å². The third-order valence-corrected chi connectivity index (χ3v) is 3.58. The van der Waals surface area contributed by atoms with Crippen LogP contribution in [0, 0.1) is 0 Å². The molecule has 0 spiro atoms. The summed E-state index contributed by atoms with van der Waals surface area (Å²) >= 11 is 0. The summed E-state index contributed by atoms with van der Waals surface area (Å²) in [4.78, 5) is 2.34. The van der Waals surface area contributed by atoms with Crippen LogP contribution in [0.1, 0.15) is 24.8 Å². The summed E-state index contributed by atoms with van der Waals surface area (Å²) in [5.74, 6) is 1.01. The van der Waals surface area contributed by atoms with E-state index >= 15 is 0 Å². The number of hydrogen-bond acceptors (Lipinski definition) is 3. The molecule has 3 heteroatoms. The number of para-hydroxylation sites is 1. The standard InChI is InChI=1S/C15H18N2O/c1-2-7-12-8-6-9-13-14(12)18-16-15(13)17-10-4-3-5-11-17/h2,6,8-9H,1,3-5,7,10-11H2. The van der Waals surface area contributed by atoms with E-state index in [4.69, 9.17) is 4.52 Å². The minimum absolute atomic E-state index is 0.825. The van der Waals surface area contributed by atoms with Crippen molar-refractivity contribution in [2.24, 2.45) is 0 Å². The van der Waals surface area contributed by atoms with E-state index in [2.05, 4.69) is 34.8 Å². The lowest BCUT2D eigenvalue weighted by atomic mass is 10.1. The Labute approximate surface area is 107 Å². The summed E-state index contributed by atoms with van der Waals surface area (Å²) in [6.07, 6.45) is 6.55. The van der Waals surface area contributed by atoms with Crippen molar-refractivity contribution in [3.8, 4) is 0 Å². The highest BCUT2D eigenvalue weighted by Gasteiger charge is 2.18. The van der Waals surface area contributed by atoms with E-state index in [-0.39, 0.29) is 0 Å². The van der Waals surface area contributed by atoms with Crippen LogP contribution in [0.25, 0.3) is 11.0 Å². The number of piperidine rings is 1. The number of fused-ring (bicyclic) bond motifs is 1. The zero-order valence-corrected chi connectivity index (χ0v) is 10.6. The van der Waals surface area contributed by atoms with Gasteiger partial charge < -0.3 is 9.42 Å². The third-order valence-electron chi connectivity index (χ3n) is 3.58. The van der Waals surface area contributed by atoms with E-state index < -0.39 is 0 Å². The maximum absolute atomic E-state index is 5.55. The maximum atomic E-state index is 5.55. The minimum atomic E-state index is 0.825. The van der Waals surface area contributed by atoms with Crippen LogP contribution in [0.2, 0.25) is 0 Å². The van der Waals surface area contributed by atoms with E-state index in [1.807, 2.05) is 6.08 Å². The van der Waals surface area contributed by atoms with Crippen LogP contribution in [-0.2, 0) is 6.42 Å². The second kappa shape index (κ2) is 4.84. The number of rotatable bonds is 3. The first-order valence-electron chi connectivity index (χ1n) is 6.63. The number of anilines is 1. The lowest BCUT2D eigenvalue weighted by Crippen LogP contribution is -2.29. The maximum Gasteiger partial charge on any atom is 0.179 e. The molecule has 1 fully saturated rings. The lowest BCUT2D eigenvalue weighted by Gasteiger charge is -2.26. The molecule has 2 heterocycles. The summed E-state index contributed by atoms with van der Waals surface area (Å²) in [6, 6.07) is 6.25. The van der Waals surface area contributed by atoms with Gasteiger partial charge in [0.15, 0.2) is 11.4 Å². The average molecular weight is 242 g/mol. The zero-order valence-electron chi connectivity index (χ0n) is 10.6. The number of aromatic nitrogens is 1. The highest BCUT2D eigenvalue weighted by molar-refractivity contribution is 5.90. The van der Waals surface area contributed by atoms with Gasteiger partial charge in [0.1, 0.15) is 0 Å². The first-order valence-corrected chi connectivity index (χ1v) is 6.63. The molecule has 3 rings (SSSR count). The van der Waals surface area contributed by atoms with Gasteiger partial charge in [-0.1, -0.05) is 23.4 Å². The minimum Gasteiger partial charge on any atom is -0.354 e. The Kier molecular flexibility index (Phi) is 3.05. The summed E-state index contributed by atoms with van der Waals surface area (Å²) < 4.78 is 5.55. The van der Waals surface area contributed by atoms with Gasteiger partial charge in [0.25, 0.3) is 0 Å². The number of hydrogen-bond donors (Lipinski definition) is 0. The van der Waals surface area contributed by atoms with Crippen molar-refractivity contribution in [2.45, 2.75) is 25.7 Å². The molecule has 0 N–H and O–H groups in total. The monoisotopic (exact) mass is 242 g/mol. The molecule has 1 aliphatic rings. The summed E-state index contributed by atoms with van der Waals surface area (Å²) in [6.45, 7) is 5.97. The Morgan fingerprint density at radius 1 is 1.28 bits per heavy atom. The Morgan fingerprint density at radius 3 is 2.89 bits per heavy atom. The van der Waals surface area contributed by atoms with Crippen LogP contribution in [0.4, 0.5) is 5.82 Å². The second-order valence-corrected chi connectivity index (χ2v) is 4.84. The normalized spacial score (nSPS) is 16.1. The predicted octanol–water partition coefficient (Wildman–Crippen LogP) is 3.55. The molecular formula is C15H18N2O. The molecule has 1 aliphatic heterocycles. The van der Waals surface area contributed by atoms with Crippen LogP contribution in [-0.4, -0.2) is 18.2 Å². The fourth-order valence-corrected chi connectivity index (χ4v) is 2.66. The fraction of sp³-hybridized carbons (Fsp3) is 0.400. The topological polar surface area (TPSA) is 29.3 Å². The molecule has 0 saturated carbocycles. The van der Waals surface area contributed by atoms with E-state index in [9.17, 15) is 0 Å². The van der Waals surface area contributed by atoms with Gasteiger partial charge in [-0.3, -0.25) is 0 Å². The Morgan fingerprint density at radius 2 is 2.11 bits per heavy atom. The average Bonchev–Trinajstić information content (AvgIpc) is 2.85. The van der Waals surface area contributed by atoms with Gasteiger partial charge in [-0.2, -0.15) is 0 Å². The number of nitrogens with zero attached hydrogens (tertiary/aromatic N) is 2. The van der Waals surface area contributed by atoms with Crippen LogP contribution < -0.4 is 4.90 Å². The largest absolute Gasteiger partial charge is 0.354 e. The van der Waals surface area contributed by atoms with Crippen molar-refractivity contribution in [3.63, 3.8) is 0 Å². The molecule has 1 saturated heterocycles. The summed E-state index contributed by atoms with van der Waals surface area (Å²) in [7, 11) is 0. The number of benzene rings is 1. The first-order chi connectivity index (χ1) is 8.90. The molecule has 1 aromatic carbocycles. The molecule has 0 radical (unpaired) electrons. The number of allylic oxidation sites excluding steroid dienone is 1. The Hall–Kier alpha value is -1.77. The molecule has 0 aliphatic carbocycles. The van der Waals surface area contributed by atoms with Crippen LogP contribution in [0.15, 0.2) is 35.4 Å². The molecule has 0 bridgehead atoms. The van der Waals surface area contributed by atoms with E-state index in [1.54, 1.807) is 0 Å². The smallest absolute Gasteiger partial charge is 0.179 e. The van der Waals surface area contributed by atoms with Gasteiger partial charge in [-0.15, -0.1) is 6.58 Å². The van der Waals surface area contributed by atoms with Crippen molar-refractivity contribution < 1.29 is 4.52 Å². The Balaban J connectivity index is 2.03. The summed E-state index contributed by atoms with van der Waals surface area (Å²) in [5, 5.41) is 5.41. The highest BCUT2D eigenvalue weighted by Crippen LogP contribution is 2.30. The van der Waals surface area contributed by atoms with E-state index in [0.29, 0.717) is 0 Å². The van der Waals surface area contributed by atoms with Gasteiger partial charge in [-0.05, 0) is 31.7 Å². The van der Waals surface area contributed by atoms with Gasteiger partial charge in [0.05, 0.1) is 5.39 Å². The van der Waals surface area contributed by atoms with Crippen molar-refractivity contribution in [1.82, 2.24) is 5.16 Å². The zero-order chi connectivity index (χ0) is 12.4. The molecule has 18 heavy (non-hydrogen) atoms. The van der Waals surface area contributed by atoms with Gasteiger partial charge >= 0.3 is 0 Å². The first kappa shape index (κ1) is 11.3. The van der Waals surface area contributed by atoms with Crippen molar-refractivity contribution in [3.05, 3.63) is 36.4 Å². The van der Waals surface area contributed by atoms with E-state index in [0.717, 1.165) is 36.3 Å². The molecule has 0 unspecified atom stereocenters. The Bertz CT molecular complexity index is 553. The van der Waals surface area contributed by atoms with Crippen molar-refractivity contribution in [2.75, 3.05) is 18.0 Å². The van der Waals surface area contributed by atoms with Crippen LogP contribution in [0.5, 0.6) is 0 Å². The predicted molar refractivity (Wildman–Crippen MR) is 74.0 cm³/mol. The molecule has 0 amide bonds. The molecular weight excluding hydrogens is 224 g/mol.